The Hall–Kier alpha value is -2.09. The van der Waals surface area contributed by atoms with Gasteiger partial charge in [0.15, 0.2) is 0 Å². The number of benzene rings is 2. The highest BCUT2D eigenvalue weighted by atomic mass is 35.5. The first-order valence-corrected chi connectivity index (χ1v) is 10.2. The standard InChI is InChI=1S/C18H21ClN2O4S/c1-25-17-10-6-4-8-15(17)18(22)20-11-12-21(26(2,23)24)13-14-7-3-5-9-16(14)19/h3-10H,11-13H2,1-2H3,(H,20,22). The molecule has 1 amide bonds. The number of carbonyl (C=O) groups is 1. The molecule has 0 radical (unpaired) electrons. The molecule has 0 aliphatic carbocycles. The molecule has 0 atom stereocenters. The predicted molar refractivity (Wildman–Crippen MR) is 102 cm³/mol. The van der Waals surface area contributed by atoms with E-state index in [0.717, 1.165) is 6.26 Å². The SMILES string of the molecule is COc1ccccc1C(=O)NCCN(Cc1ccccc1Cl)S(C)(=O)=O. The van der Waals surface area contributed by atoms with Gasteiger partial charge in [-0.05, 0) is 23.8 Å². The van der Waals surface area contributed by atoms with Crippen LogP contribution in [-0.4, -0.2) is 45.1 Å². The molecule has 0 unspecified atom stereocenters. The molecule has 26 heavy (non-hydrogen) atoms. The quantitative estimate of drug-likeness (QED) is 0.744. The van der Waals surface area contributed by atoms with Gasteiger partial charge in [0.1, 0.15) is 5.75 Å². The summed E-state index contributed by atoms with van der Waals surface area (Å²) in [4.78, 5) is 12.3. The molecule has 2 rings (SSSR count). The molecular formula is C18H21ClN2O4S. The smallest absolute Gasteiger partial charge is 0.255 e. The van der Waals surface area contributed by atoms with E-state index in [1.54, 1.807) is 48.5 Å². The lowest BCUT2D eigenvalue weighted by molar-refractivity contribution is 0.0948. The van der Waals surface area contributed by atoms with E-state index in [2.05, 4.69) is 5.32 Å². The van der Waals surface area contributed by atoms with Crippen LogP contribution >= 0.6 is 11.6 Å². The van der Waals surface area contributed by atoms with Crippen LogP contribution < -0.4 is 10.1 Å². The van der Waals surface area contributed by atoms with E-state index in [9.17, 15) is 13.2 Å². The summed E-state index contributed by atoms with van der Waals surface area (Å²) in [5.41, 5.74) is 1.10. The fourth-order valence-electron chi connectivity index (χ4n) is 2.40. The van der Waals surface area contributed by atoms with Gasteiger partial charge in [-0.1, -0.05) is 41.9 Å². The number of rotatable bonds is 8. The van der Waals surface area contributed by atoms with Crippen LogP contribution in [-0.2, 0) is 16.6 Å². The van der Waals surface area contributed by atoms with Crippen LogP contribution in [0.25, 0.3) is 0 Å². The van der Waals surface area contributed by atoms with Crippen LogP contribution in [0.4, 0.5) is 0 Å². The van der Waals surface area contributed by atoms with Gasteiger partial charge < -0.3 is 10.1 Å². The lowest BCUT2D eigenvalue weighted by Crippen LogP contribution is -2.37. The molecule has 1 N–H and O–H groups in total. The molecule has 0 heterocycles. The Morgan fingerprint density at radius 3 is 2.46 bits per heavy atom. The summed E-state index contributed by atoms with van der Waals surface area (Å²) in [7, 11) is -1.97. The van der Waals surface area contributed by atoms with Crippen LogP contribution in [0, 0.1) is 0 Å². The number of sulfonamides is 1. The third-order valence-corrected chi connectivity index (χ3v) is 5.39. The Morgan fingerprint density at radius 1 is 1.15 bits per heavy atom. The maximum atomic E-state index is 12.3. The highest BCUT2D eigenvalue weighted by molar-refractivity contribution is 7.88. The van der Waals surface area contributed by atoms with Crippen molar-refractivity contribution in [2.45, 2.75) is 6.54 Å². The van der Waals surface area contributed by atoms with Gasteiger partial charge in [0.25, 0.3) is 5.91 Å². The van der Waals surface area contributed by atoms with Crippen LogP contribution in [0.15, 0.2) is 48.5 Å². The minimum absolute atomic E-state index is 0.130. The second-order valence-electron chi connectivity index (χ2n) is 5.64. The Labute approximate surface area is 158 Å². The van der Waals surface area contributed by atoms with Crippen molar-refractivity contribution < 1.29 is 17.9 Å². The van der Waals surface area contributed by atoms with E-state index in [1.165, 1.54) is 11.4 Å². The number of hydrogen-bond donors (Lipinski definition) is 1. The van der Waals surface area contributed by atoms with Gasteiger partial charge in [-0.3, -0.25) is 4.79 Å². The molecule has 0 aliphatic heterocycles. The third-order valence-electron chi connectivity index (χ3n) is 3.77. The number of hydrogen-bond acceptors (Lipinski definition) is 4. The highest BCUT2D eigenvalue weighted by Gasteiger charge is 2.19. The molecule has 0 saturated heterocycles. The van der Waals surface area contributed by atoms with Gasteiger partial charge in [0.05, 0.1) is 18.9 Å². The van der Waals surface area contributed by atoms with Gasteiger partial charge >= 0.3 is 0 Å². The Bertz CT molecular complexity index is 871. The molecule has 140 valence electrons. The average Bonchev–Trinajstić information content (AvgIpc) is 2.61. The second kappa shape index (κ2) is 9.02. The minimum atomic E-state index is -3.46. The summed E-state index contributed by atoms with van der Waals surface area (Å²) < 4.78 is 30.5. The fraction of sp³-hybridized carbons (Fsp3) is 0.278. The number of nitrogens with zero attached hydrogens (tertiary/aromatic N) is 1. The monoisotopic (exact) mass is 396 g/mol. The Balaban J connectivity index is 2.02. The molecule has 0 fully saturated rings. The largest absolute Gasteiger partial charge is 0.496 e. The highest BCUT2D eigenvalue weighted by Crippen LogP contribution is 2.19. The summed E-state index contributed by atoms with van der Waals surface area (Å²) in [6.07, 6.45) is 1.13. The predicted octanol–water partition coefficient (Wildman–Crippen LogP) is 2.54. The topological polar surface area (TPSA) is 75.7 Å². The molecule has 6 nitrogen and oxygen atoms in total. The van der Waals surface area contributed by atoms with Crippen LogP contribution in [0.1, 0.15) is 15.9 Å². The molecule has 2 aromatic rings. The first-order valence-electron chi connectivity index (χ1n) is 7.92. The number of carbonyl (C=O) groups excluding carboxylic acids is 1. The normalized spacial score (nSPS) is 11.4. The molecule has 0 spiro atoms. The maximum Gasteiger partial charge on any atom is 0.255 e. The number of amides is 1. The van der Waals surface area contributed by atoms with Gasteiger partial charge in [-0.25, -0.2) is 8.42 Å². The zero-order chi connectivity index (χ0) is 19.2. The lowest BCUT2D eigenvalue weighted by Gasteiger charge is -2.21. The van der Waals surface area contributed by atoms with Crippen molar-refractivity contribution in [2.75, 3.05) is 26.5 Å². The number of nitrogens with one attached hydrogen (secondary N) is 1. The van der Waals surface area contributed by atoms with E-state index < -0.39 is 10.0 Å². The third kappa shape index (κ3) is 5.45. The number of ether oxygens (including phenoxy) is 1. The molecule has 0 aliphatic rings. The van der Waals surface area contributed by atoms with Crippen molar-refractivity contribution in [3.05, 3.63) is 64.7 Å². The average molecular weight is 397 g/mol. The Morgan fingerprint density at radius 2 is 1.81 bits per heavy atom. The van der Waals surface area contributed by atoms with Crippen molar-refractivity contribution in [3.63, 3.8) is 0 Å². The number of halogens is 1. The Kier molecular flexibility index (Phi) is 7.02. The second-order valence-corrected chi connectivity index (χ2v) is 8.03. The lowest BCUT2D eigenvalue weighted by atomic mass is 10.2. The van der Waals surface area contributed by atoms with E-state index in [1.807, 2.05) is 0 Å². The van der Waals surface area contributed by atoms with Gasteiger partial charge in [-0.2, -0.15) is 4.31 Å². The summed E-state index contributed by atoms with van der Waals surface area (Å²) in [6.45, 7) is 0.433. The van der Waals surface area contributed by atoms with Gasteiger partial charge in [0, 0.05) is 24.7 Å². The zero-order valence-electron chi connectivity index (χ0n) is 14.6. The van der Waals surface area contributed by atoms with Crippen LogP contribution in [0.5, 0.6) is 5.75 Å². The first kappa shape index (κ1) is 20.2. The summed E-state index contributed by atoms with van der Waals surface area (Å²) >= 11 is 6.11. The molecule has 0 saturated carbocycles. The van der Waals surface area contributed by atoms with Crippen molar-refractivity contribution >= 4 is 27.5 Å². The molecule has 8 heteroatoms. The maximum absolute atomic E-state index is 12.3. The number of methoxy groups -OCH3 is 1. The van der Waals surface area contributed by atoms with E-state index in [0.29, 0.717) is 21.9 Å². The van der Waals surface area contributed by atoms with E-state index in [4.69, 9.17) is 16.3 Å². The molecule has 0 aromatic heterocycles. The van der Waals surface area contributed by atoms with Crippen LogP contribution in [0.2, 0.25) is 5.02 Å². The van der Waals surface area contributed by atoms with Crippen molar-refractivity contribution in [1.29, 1.82) is 0 Å². The van der Waals surface area contributed by atoms with Crippen molar-refractivity contribution in [2.24, 2.45) is 0 Å². The number of para-hydroxylation sites is 1. The minimum Gasteiger partial charge on any atom is -0.496 e. The zero-order valence-corrected chi connectivity index (χ0v) is 16.2. The van der Waals surface area contributed by atoms with Crippen molar-refractivity contribution in [1.82, 2.24) is 9.62 Å². The van der Waals surface area contributed by atoms with Gasteiger partial charge in [-0.15, -0.1) is 0 Å². The van der Waals surface area contributed by atoms with Gasteiger partial charge in [0.2, 0.25) is 10.0 Å². The van der Waals surface area contributed by atoms with E-state index >= 15 is 0 Å². The summed E-state index contributed by atoms with van der Waals surface area (Å²) in [5, 5.41) is 3.22. The first-order chi connectivity index (χ1) is 12.3. The molecular weight excluding hydrogens is 376 g/mol. The fourth-order valence-corrected chi connectivity index (χ4v) is 3.39. The van der Waals surface area contributed by atoms with Crippen LogP contribution in [0.3, 0.4) is 0 Å². The van der Waals surface area contributed by atoms with Crippen molar-refractivity contribution in [3.8, 4) is 5.75 Å². The van der Waals surface area contributed by atoms with E-state index in [-0.39, 0.29) is 25.5 Å². The summed E-state index contributed by atoms with van der Waals surface area (Å²) in [5.74, 6) is 0.134. The summed E-state index contributed by atoms with van der Waals surface area (Å²) in [6, 6.07) is 13.9. The molecule has 2 aromatic carbocycles. The molecule has 0 bridgehead atoms.